The van der Waals surface area contributed by atoms with E-state index < -0.39 is 6.10 Å². The number of aliphatic hydroxyl groups is 1. The zero-order chi connectivity index (χ0) is 26.5. The zero-order valence-electron chi connectivity index (χ0n) is 20.8. The second kappa shape index (κ2) is 11.6. The van der Waals surface area contributed by atoms with E-state index in [4.69, 9.17) is 5.41 Å². The van der Waals surface area contributed by atoms with Crippen molar-refractivity contribution in [3.05, 3.63) is 72.8 Å². The number of H-pyrrole nitrogens is 1. The van der Waals surface area contributed by atoms with Crippen molar-refractivity contribution in [2.75, 3.05) is 31.1 Å². The van der Waals surface area contributed by atoms with Crippen LogP contribution in [0.1, 0.15) is 12.6 Å². The fourth-order valence-corrected chi connectivity index (χ4v) is 5.03. The van der Waals surface area contributed by atoms with E-state index in [-0.39, 0.29) is 5.82 Å². The quantitative estimate of drug-likeness (QED) is 0.234. The minimum Gasteiger partial charge on any atom is -0.391 e. The van der Waals surface area contributed by atoms with E-state index in [1.165, 1.54) is 17.8 Å². The molecule has 3 aromatic heterocycles. The Morgan fingerprint density at radius 1 is 1.18 bits per heavy atom. The standard InChI is InChI=1S/C26H28FN9OS/c1-18(37)15-36-16-20(12-33-36)19-10-23(29-11-19)25(32-17-28)34-6-8-35(9-7-34)26-30-13-21(14-31-26)38-24-5-3-2-4-22(24)27/h2-5,10-14,16-18,28-29,37H,6-9,15H2,1H3/b28-17?,32-25+/t18-/m0/s1. The normalized spacial score (nSPS) is 15.1. The highest BCUT2D eigenvalue weighted by molar-refractivity contribution is 7.99. The maximum Gasteiger partial charge on any atom is 0.225 e. The summed E-state index contributed by atoms with van der Waals surface area (Å²) in [4.78, 5) is 22.2. The predicted molar refractivity (Wildman–Crippen MR) is 145 cm³/mol. The van der Waals surface area contributed by atoms with Crippen LogP contribution in [0.4, 0.5) is 10.3 Å². The topological polar surface area (TPSA) is 122 Å². The first-order chi connectivity index (χ1) is 18.5. The Kier molecular flexibility index (Phi) is 7.80. The number of nitrogens with zero attached hydrogens (tertiary/aromatic N) is 7. The van der Waals surface area contributed by atoms with Gasteiger partial charge in [0.25, 0.3) is 0 Å². The molecule has 38 heavy (non-hydrogen) atoms. The molecule has 0 spiro atoms. The van der Waals surface area contributed by atoms with Gasteiger partial charge in [0.2, 0.25) is 5.95 Å². The van der Waals surface area contributed by atoms with Crippen LogP contribution in [0.5, 0.6) is 0 Å². The van der Waals surface area contributed by atoms with Gasteiger partial charge in [-0.3, -0.25) is 10.1 Å². The highest BCUT2D eigenvalue weighted by atomic mass is 32.2. The molecule has 1 aromatic carbocycles. The summed E-state index contributed by atoms with van der Waals surface area (Å²) in [5.74, 6) is 1.06. The van der Waals surface area contributed by atoms with E-state index in [0.717, 1.165) is 28.1 Å². The first kappa shape index (κ1) is 25.6. The number of rotatable bonds is 8. The molecule has 1 fully saturated rings. The average Bonchev–Trinajstić information content (AvgIpc) is 3.59. The summed E-state index contributed by atoms with van der Waals surface area (Å²) in [7, 11) is 0. The number of aromatic amines is 1. The molecule has 4 heterocycles. The molecule has 4 aromatic rings. The van der Waals surface area contributed by atoms with E-state index >= 15 is 0 Å². The Morgan fingerprint density at radius 2 is 1.95 bits per heavy atom. The summed E-state index contributed by atoms with van der Waals surface area (Å²) in [6.07, 6.45) is 9.57. The van der Waals surface area contributed by atoms with Gasteiger partial charge in [0.05, 0.1) is 24.5 Å². The largest absolute Gasteiger partial charge is 0.391 e. The highest BCUT2D eigenvalue weighted by Crippen LogP contribution is 2.29. The Bertz CT molecular complexity index is 1410. The zero-order valence-corrected chi connectivity index (χ0v) is 21.6. The van der Waals surface area contributed by atoms with Gasteiger partial charge in [-0.05, 0) is 25.1 Å². The lowest BCUT2D eigenvalue weighted by Gasteiger charge is -2.36. The number of amidine groups is 1. The lowest BCUT2D eigenvalue weighted by atomic mass is 10.2. The molecule has 5 rings (SSSR count). The van der Waals surface area contributed by atoms with Crippen LogP contribution in [0.25, 0.3) is 11.1 Å². The Hall–Kier alpha value is -4.03. The van der Waals surface area contributed by atoms with Crippen molar-refractivity contribution < 1.29 is 9.50 Å². The molecule has 1 aliphatic heterocycles. The second-order valence-electron chi connectivity index (χ2n) is 8.91. The van der Waals surface area contributed by atoms with E-state index in [1.807, 2.05) is 18.5 Å². The van der Waals surface area contributed by atoms with Gasteiger partial charge in [-0.2, -0.15) is 5.10 Å². The third kappa shape index (κ3) is 5.92. The Balaban J connectivity index is 1.22. The molecule has 10 nitrogen and oxygen atoms in total. The summed E-state index contributed by atoms with van der Waals surface area (Å²) in [5, 5.41) is 21.5. The molecule has 0 radical (unpaired) electrons. The fraction of sp³-hybridized carbons (Fsp3) is 0.269. The number of halogens is 1. The smallest absolute Gasteiger partial charge is 0.225 e. The number of anilines is 1. The number of aliphatic hydroxyl groups excluding tert-OH is 1. The van der Waals surface area contributed by atoms with Gasteiger partial charge < -0.3 is 19.9 Å². The van der Waals surface area contributed by atoms with Crippen molar-refractivity contribution in [3.63, 3.8) is 0 Å². The summed E-state index contributed by atoms with van der Waals surface area (Å²) < 4.78 is 15.7. The molecule has 1 saturated heterocycles. The molecule has 0 bridgehead atoms. The minimum atomic E-state index is -0.476. The van der Waals surface area contributed by atoms with Crippen LogP contribution in [0, 0.1) is 11.2 Å². The van der Waals surface area contributed by atoms with Gasteiger partial charge in [0.15, 0.2) is 5.84 Å². The first-order valence-electron chi connectivity index (χ1n) is 12.2. The van der Waals surface area contributed by atoms with Gasteiger partial charge in [-0.15, -0.1) is 0 Å². The van der Waals surface area contributed by atoms with Gasteiger partial charge in [-0.25, -0.2) is 19.4 Å². The first-order valence-corrected chi connectivity index (χ1v) is 13.0. The van der Waals surface area contributed by atoms with Gasteiger partial charge in [-0.1, -0.05) is 23.9 Å². The van der Waals surface area contributed by atoms with Gasteiger partial charge in [0.1, 0.15) is 12.2 Å². The van der Waals surface area contributed by atoms with Crippen LogP contribution >= 0.6 is 11.8 Å². The monoisotopic (exact) mass is 533 g/mol. The van der Waals surface area contributed by atoms with Crippen molar-refractivity contribution in [1.29, 1.82) is 5.41 Å². The highest BCUT2D eigenvalue weighted by Gasteiger charge is 2.23. The van der Waals surface area contributed by atoms with Crippen molar-refractivity contribution >= 4 is 29.9 Å². The molecule has 0 unspecified atom stereocenters. The molecule has 0 amide bonds. The van der Waals surface area contributed by atoms with E-state index in [0.29, 0.717) is 49.4 Å². The summed E-state index contributed by atoms with van der Waals surface area (Å²) >= 11 is 1.30. The predicted octanol–water partition coefficient (Wildman–Crippen LogP) is 3.52. The molecular weight excluding hydrogens is 505 g/mol. The molecule has 3 N–H and O–H groups in total. The van der Waals surface area contributed by atoms with Crippen molar-refractivity contribution in [2.45, 2.75) is 29.4 Å². The van der Waals surface area contributed by atoms with Crippen LogP contribution in [0.3, 0.4) is 0 Å². The number of hydrogen-bond donors (Lipinski definition) is 3. The van der Waals surface area contributed by atoms with Crippen LogP contribution in [0.15, 0.2) is 76.1 Å². The molecule has 0 saturated carbocycles. The number of piperazine rings is 1. The lowest BCUT2D eigenvalue weighted by molar-refractivity contribution is 0.168. The van der Waals surface area contributed by atoms with Crippen LogP contribution < -0.4 is 4.90 Å². The number of aromatic nitrogens is 5. The second-order valence-corrected chi connectivity index (χ2v) is 10.0. The third-order valence-corrected chi connectivity index (χ3v) is 7.07. The fourth-order valence-electron chi connectivity index (χ4n) is 4.25. The Labute approximate surface area is 223 Å². The molecule has 1 aliphatic rings. The van der Waals surface area contributed by atoms with Gasteiger partial charge >= 0.3 is 0 Å². The van der Waals surface area contributed by atoms with E-state index in [9.17, 15) is 9.50 Å². The number of benzene rings is 1. The molecule has 0 aliphatic carbocycles. The van der Waals surface area contributed by atoms with Crippen LogP contribution in [-0.2, 0) is 6.54 Å². The van der Waals surface area contributed by atoms with E-state index in [2.05, 4.69) is 34.8 Å². The lowest BCUT2D eigenvalue weighted by Crippen LogP contribution is -2.49. The van der Waals surface area contributed by atoms with E-state index in [1.54, 1.807) is 48.4 Å². The maximum atomic E-state index is 13.9. The molecular formula is C26H28FN9OS. The number of hydrogen-bond acceptors (Lipinski definition) is 7. The third-order valence-electron chi connectivity index (χ3n) is 6.07. The Morgan fingerprint density at radius 3 is 2.66 bits per heavy atom. The minimum absolute atomic E-state index is 0.263. The van der Waals surface area contributed by atoms with Crippen LogP contribution in [-0.4, -0.2) is 79.2 Å². The maximum absolute atomic E-state index is 13.9. The number of nitrogens with one attached hydrogen (secondary N) is 2. The average molecular weight is 534 g/mol. The summed E-state index contributed by atoms with van der Waals surface area (Å²) in [5.41, 5.74) is 2.70. The van der Waals surface area contributed by atoms with Crippen LogP contribution in [0.2, 0.25) is 0 Å². The SMILES string of the molecule is C[C@H](O)Cn1cc(-c2c[nH]c(/C(=N\C=N)N3CCN(c4ncc(Sc5ccccc5F)cn4)CC3)c2)cn1. The van der Waals surface area contributed by atoms with Crippen molar-refractivity contribution in [1.82, 2.24) is 29.6 Å². The molecule has 1 atom stereocenters. The van der Waals surface area contributed by atoms with Crippen molar-refractivity contribution in [3.8, 4) is 11.1 Å². The van der Waals surface area contributed by atoms with Gasteiger partial charge in [0, 0.05) is 71.9 Å². The number of aliphatic imine (C=N–C) groups is 1. The molecule has 12 heteroatoms. The van der Waals surface area contributed by atoms with Crippen molar-refractivity contribution in [2.24, 2.45) is 4.99 Å². The summed E-state index contributed by atoms with van der Waals surface area (Å²) in [6.45, 7) is 4.90. The summed E-state index contributed by atoms with van der Waals surface area (Å²) in [6, 6.07) is 8.64. The molecule has 196 valence electrons.